The first kappa shape index (κ1) is 15.3. The summed E-state index contributed by atoms with van der Waals surface area (Å²) in [4.78, 5) is 26.5. The van der Waals surface area contributed by atoms with E-state index in [1.165, 1.54) is 11.8 Å². The number of carbonyl (C=O) groups is 2. The molecule has 0 radical (unpaired) electrons. The summed E-state index contributed by atoms with van der Waals surface area (Å²) >= 11 is 1.24. The molecule has 1 aromatic carbocycles. The quantitative estimate of drug-likeness (QED) is 0.745. The third-order valence-electron chi connectivity index (χ3n) is 2.87. The molecule has 1 heterocycles. The Kier molecular flexibility index (Phi) is 5.59. The van der Waals surface area contributed by atoms with Crippen molar-refractivity contribution in [1.29, 1.82) is 0 Å². The Hall–Kier alpha value is -2.05. The normalized spacial score (nSPS) is 10.3. The summed E-state index contributed by atoms with van der Waals surface area (Å²) in [6, 6.07) is 10.8. The number of rotatable bonds is 6. The molecular formula is C15H18N3O2S+. The fraction of sp³-hybridized carbons (Fsp3) is 0.200. The number of thioether (sulfide) groups is 1. The third kappa shape index (κ3) is 4.47. The summed E-state index contributed by atoms with van der Waals surface area (Å²) in [6.07, 6.45) is 1.73. The van der Waals surface area contributed by atoms with Gasteiger partial charge >= 0.3 is 0 Å². The van der Waals surface area contributed by atoms with E-state index in [0.717, 1.165) is 5.56 Å². The number of aromatic nitrogens is 1. The maximum atomic E-state index is 11.8. The Bertz CT molecular complexity index is 594. The van der Waals surface area contributed by atoms with Crippen molar-refractivity contribution in [3.63, 3.8) is 0 Å². The highest BCUT2D eigenvalue weighted by atomic mass is 32.2. The van der Waals surface area contributed by atoms with Gasteiger partial charge in [0.1, 0.15) is 0 Å². The van der Waals surface area contributed by atoms with Crippen LogP contribution >= 0.6 is 11.8 Å². The van der Waals surface area contributed by atoms with E-state index < -0.39 is 0 Å². The summed E-state index contributed by atoms with van der Waals surface area (Å²) in [5, 5.41) is 2.78. The highest BCUT2D eigenvalue weighted by Crippen LogP contribution is 2.17. The number of hydrogen-bond donors (Lipinski definition) is 3. The average Bonchev–Trinajstić information content (AvgIpc) is 3.05. The minimum Gasteiger partial charge on any atom is -0.358 e. The zero-order valence-corrected chi connectivity index (χ0v) is 12.4. The van der Waals surface area contributed by atoms with E-state index in [2.05, 4.69) is 16.0 Å². The van der Waals surface area contributed by atoms with Gasteiger partial charge in [-0.15, -0.1) is 0 Å². The molecule has 5 N–H and O–H groups in total. The Labute approximate surface area is 127 Å². The second-order valence-corrected chi connectivity index (χ2v) is 5.41. The minimum absolute atomic E-state index is 0.0114. The van der Waals surface area contributed by atoms with Crippen LogP contribution in [0.5, 0.6) is 0 Å². The highest BCUT2D eigenvalue weighted by molar-refractivity contribution is 8.13. The van der Waals surface area contributed by atoms with E-state index in [4.69, 9.17) is 0 Å². The fourth-order valence-electron chi connectivity index (χ4n) is 1.74. The monoisotopic (exact) mass is 304 g/mol. The van der Waals surface area contributed by atoms with Gasteiger partial charge in [-0.1, -0.05) is 23.9 Å². The molecule has 21 heavy (non-hydrogen) atoms. The molecule has 110 valence electrons. The number of aromatic amines is 1. The number of H-pyrrole nitrogens is 1. The van der Waals surface area contributed by atoms with Crippen LogP contribution in [0.1, 0.15) is 26.4 Å². The van der Waals surface area contributed by atoms with Crippen molar-refractivity contribution in [2.45, 2.75) is 5.75 Å². The second-order valence-electron chi connectivity index (χ2n) is 4.47. The van der Waals surface area contributed by atoms with Gasteiger partial charge in [0.15, 0.2) is 0 Å². The first-order chi connectivity index (χ1) is 10.2. The van der Waals surface area contributed by atoms with Crippen molar-refractivity contribution in [3.05, 3.63) is 59.4 Å². The van der Waals surface area contributed by atoms with E-state index in [9.17, 15) is 9.59 Å². The van der Waals surface area contributed by atoms with Crippen molar-refractivity contribution in [2.24, 2.45) is 0 Å². The van der Waals surface area contributed by atoms with E-state index in [0.29, 0.717) is 30.1 Å². The Morgan fingerprint density at radius 3 is 2.57 bits per heavy atom. The van der Waals surface area contributed by atoms with Gasteiger partial charge in [-0.05, 0) is 29.8 Å². The topological polar surface area (TPSA) is 89.6 Å². The van der Waals surface area contributed by atoms with E-state index in [1.54, 1.807) is 30.5 Å². The predicted octanol–water partition coefficient (Wildman–Crippen LogP) is 1.06. The van der Waals surface area contributed by atoms with Crippen molar-refractivity contribution >= 4 is 22.8 Å². The SMILES string of the molecule is [NH3+]CCNC(=O)c1ccc(CSC(=O)c2ccc[nH]2)cc1. The summed E-state index contributed by atoms with van der Waals surface area (Å²) in [7, 11) is 0. The van der Waals surface area contributed by atoms with Gasteiger partial charge in [0, 0.05) is 17.5 Å². The maximum absolute atomic E-state index is 11.8. The molecule has 0 saturated heterocycles. The zero-order chi connectivity index (χ0) is 15.1. The average molecular weight is 304 g/mol. The predicted molar refractivity (Wildman–Crippen MR) is 82.9 cm³/mol. The Balaban J connectivity index is 1.87. The third-order valence-corrected chi connectivity index (χ3v) is 3.83. The molecule has 2 rings (SSSR count). The lowest BCUT2D eigenvalue weighted by atomic mass is 10.1. The first-order valence-corrected chi connectivity index (χ1v) is 7.66. The van der Waals surface area contributed by atoms with Gasteiger partial charge in [0.2, 0.25) is 5.12 Å². The molecule has 0 bridgehead atoms. The number of benzene rings is 1. The van der Waals surface area contributed by atoms with Crippen molar-refractivity contribution in [1.82, 2.24) is 10.3 Å². The number of nitrogens with one attached hydrogen (secondary N) is 2. The number of amides is 1. The highest BCUT2D eigenvalue weighted by Gasteiger charge is 2.08. The Morgan fingerprint density at radius 1 is 1.19 bits per heavy atom. The summed E-state index contributed by atoms with van der Waals surface area (Å²) in [6.45, 7) is 1.24. The van der Waals surface area contributed by atoms with Crippen molar-refractivity contribution < 1.29 is 15.3 Å². The van der Waals surface area contributed by atoms with Crippen LogP contribution in [-0.4, -0.2) is 29.1 Å². The van der Waals surface area contributed by atoms with Crippen LogP contribution in [0.4, 0.5) is 0 Å². The van der Waals surface area contributed by atoms with Crippen LogP contribution in [0, 0.1) is 0 Å². The minimum atomic E-state index is -0.0969. The molecule has 0 saturated carbocycles. The lowest BCUT2D eigenvalue weighted by molar-refractivity contribution is -0.364. The molecule has 0 aliphatic carbocycles. The molecule has 2 aromatic rings. The summed E-state index contributed by atoms with van der Waals surface area (Å²) in [5.41, 5.74) is 5.90. The summed E-state index contributed by atoms with van der Waals surface area (Å²) < 4.78 is 0. The molecule has 0 fully saturated rings. The van der Waals surface area contributed by atoms with Crippen LogP contribution in [0.2, 0.25) is 0 Å². The Morgan fingerprint density at radius 2 is 1.95 bits per heavy atom. The molecule has 0 spiro atoms. The van der Waals surface area contributed by atoms with Gasteiger partial charge in [0.05, 0.1) is 18.8 Å². The lowest BCUT2D eigenvalue weighted by Crippen LogP contribution is -2.54. The van der Waals surface area contributed by atoms with Crippen LogP contribution < -0.4 is 11.1 Å². The second kappa shape index (κ2) is 7.66. The van der Waals surface area contributed by atoms with E-state index >= 15 is 0 Å². The van der Waals surface area contributed by atoms with Gasteiger partial charge < -0.3 is 16.0 Å². The molecule has 1 aromatic heterocycles. The first-order valence-electron chi connectivity index (χ1n) is 6.67. The lowest BCUT2D eigenvalue weighted by Gasteiger charge is -2.04. The standard InChI is InChI=1S/C15H17N3O2S/c16-7-9-18-14(19)12-5-3-11(4-6-12)10-21-15(20)13-2-1-8-17-13/h1-6,8,17H,7,9-10,16H2,(H,18,19)/p+1. The van der Waals surface area contributed by atoms with E-state index in [-0.39, 0.29) is 11.0 Å². The number of hydrogen-bond acceptors (Lipinski definition) is 3. The number of quaternary nitrogens is 1. The molecule has 6 heteroatoms. The molecule has 1 amide bonds. The van der Waals surface area contributed by atoms with Gasteiger partial charge in [-0.2, -0.15) is 0 Å². The zero-order valence-electron chi connectivity index (χ0n) is 11.6. The number of carbonyl (C=O) groups excluding carboxylic acids is 2. The maximum Gasteiger partial charge on any atom is 0.251 e. The van der Waals surface area contributed by atoms with Crippen LogP contribution in [-0.2, 0) is 5.75 Å². The van der Waals surface area contributed by atoms with Crippen molar-refractivity contribution in [2.75, 3.05) is 13.1 Å². The van der Waals surface area contributed by atoms with Crippen LogP contribution in [0.25, 0.3) is 0 Å². The van der Waals surface area contributed by atoms with Gasteiger partial charge in [0.25, 0.3) is 5.91 Å². The molecule has 0 atom stereocenters. The fourth-order valence-corrected chi connectivity index (χ4v) is 2.51. The summed E-state index contributed by atoms with van der Waals surface area (Å²) in [5.74, 6) is 0.485. The molecule has 5 nitrogen and oxygen atoms in total. The van der Waals surface area contributed by atoms with E-state index in [1.807, 2.05) is 12.1 Å². The molecule has 0 aliphatic heterocycles. The largest absolute Gasteiger partial charge is 0.358 e. The molecule has 0 aliphatic rings. The smallest absolute Gasteiger partial charge is 0.251 e. The van der Waals surface area contributed by atoms with Gasteiger partial charge in [-0.25, -0.2) is 0 Å². The van der Waals surface area contributed by atoms with Crippen LogP contribution in [0.15, 0.2) is 42.6 Å². The van der Waals surface area contributed by atoms with Crippen LogP contribution in [0.3, 0.4) is 0 Å². The molecule has 0 unspecified atom stereocenters. The van der Waals surface area contributed by atoms with Crippen molar-refractivity contribution in [3.8, 4) is 0 Å². The van der Waals surface area contributed by atoms with Gasteiger partial charge in [-0.3, -0.25) is 9.59 Å². The molecular weight excluding hydrogens is 286 g/mol.